The van der Waals surface area contributed by atoms with E-state index in [0.717, 1.165) is 13.1 Å². The lowest BCUT2D eigenvalue weighted by atomic mass is 9.96. The van der Waals surface area contributed by atoms with Gasteiger partial charge in [-0.2, -0.15) is 0 Å². The number of piperidine rings is 1. The van der Waals surface area contributed by atoms with Gasteiger partial charge in [-0.1, -0.05) is 0 Å². The average molecular weight is 270 g/mol. The molecule has 2 aromatic rings. The van der Waals surface area contributed by atoms with Gasteiger partial charge in [0.25, 0.3) is 0 Å². The molecular weight excluding hydrogens is 248 g/mol. The molecule has 2 heterocycles. The van der Waals surface area contributed by atoms with Gasteiger partial charge in [0.05, 0.1) is 6.33 Å². The summed E-state index contributed by atoms with van der Waals surface area (Å²) in [6.07, 6.45) is 6.43. The fraction of sp³-hybridized carbons (Fsp3) is 0.438. The maximum atomic E-state index is 4.36. The molecule has 4 nitrogen and oxygen atoms in total. The van der Waals surface area contributed by atoms with Crippen LogP contribution in [0.15, 0.2) is 36.8 Å². The number of nitrogens with one attached hydrogen (secondary N) is 1. The standard InChI is InChI=1S/C16H22N4/c1-19(2)14-5-7-15(8-6-14)20-12-18-11-16(20)13-4-3-9-17-10-13/h5-8,11-13,17H,3-4,9-10H2,1-2H3. The van der Waals surface area contributed by atoms with E-state index in [1.165, 1.54) is 29.9 Å². The van der Waals surface area contributed by atoms with E-state index < -0.39 is 0 Å². The van der Waals surface area contributed by atoms with E-state index in [4.69, 9.17) is 0 Å². The fourth-order valence-electron chi connectivity index (χ4n) is 2.84. The third-order valence-electron chi connectivity index (χ3n) is 4.03. The molecule has 0 spiro atoms. The summed E-state index contributed by atoms with van der Waals surface area (Å²) in [6, 6.07) is 8.63. The summed E-state index contributed by atoms with van der Waals surface area (Å²) in [5.41, 5.74) is 3.72. The monoisotopic (exact) mass is 270 g/mol. The molecule has 3 rings (SSSR count). The summed E-state index contributed by atoms with van der Waals surface area (Å²) in [6.45, 7) is 2.20. The lowest BCUT2D eigenvalue weighted by Gasteiger charge is -2.24. The van der Waals surface area contributed by atoms with Gasteiger partial charge in [-0.3, -0.25) is 0 Å². The van der Waals surface area contributed by atoms with Crippen molar-refractivity contribution in [3.05, 3.63) is 42.5 Å². The van der Waals surface area contributed by atoms with Gasteiger partial charge in [0, 0.05) is 49.8 Å². The van der Waals surface area contributed by atoms with Crippen molar-refractivity contribution in [2.45, 2.75) is 18.8 Å². The zero-order valence-electron chi connectivity index (χ0n) is 12.2. The Morgan fingerprint density at radius 1 is 1.25 bits per heavy atom. The van der Waals surface area contributed by atoms with Gasteiger partial charge < -0.3 is 14.8 Å². The van der Waals surface area contributed by atoms with Crippen LogP contribution in [0.4, 0.5) is 5.69 Å². The topological polar surface area (TPSA) is 33.1 Å². The van der Waals surface area contributed by atoms with Crippen molar-refractivity contribution >= 4 is 5.69 Å². The van der Waals surface area contributed by atoms with E-state index in [9.17, 15) is 0 Å². The summed E-state index contributed by atoms with van der Waals surface area (Å²) >= 11 is 0. The molecule has 0 saturated carbocycles. The van der Waals surface area contributed by atoms with Crippen LogP contribution in [0.3, 0.4) is 0 Å². The predicted molar refractivity (Wildman–Crippen MR) is 82.7 cm³/mol. The first-order chi connectivity index (χ1) is 9.75. The van der Waals surface area contributed by atoms with Crippen molar-refractivity contribution in [1.82, 2.24) is 14.9 Å². The van der Waals surface area contributed by atoms with Crippen LogP contribution in [0.5, 0.6) is 0 Å². The second-order valence-corrected chi connectivity index (χ2v) is 5.64. The molecule has 4 heteroatoms. The Balaban J connectivity index is 1.88. The van der Waals surface area contributed by atoms with Crippen molar-refractivity contribution < 1.29 is 0 Å². The van der Waals surface area contributed by atoms with Crippen LogP contribution in [0.1, 0.15) is 24.5 Å². The molecular formula is C16H22N4. The molecule has 0 amide bonds. The van der Waals surface area contributed by atoms with Gasteiger partial charge in [0.1, 0.15) is 0 Å². The quantitative estimate of drug-likeness (QED) is 0.929. The predicted octanol–water partition coefficient (Wildman–Crippen LogP) is 2.41. The van der Waals surface area contributed by atoms with Gasteiger partial charge in [-0.15, -0.1) is 0 Å². The number of benzene rings is 1. The smallest absolute Gasteiger partial charge is 0.0994 e. The molecule has 0 bridgehead atoms. The lowest BCUT2D eigenvalue weighted by Crippen LogP contribution is -2.29. The van der Waals surface area contributed by atoms with Crippen molar-refractivity contribution in [2.24, 2.45) is 0 Å². The zero-order chi connectivity index (χ0) is 13.9. The summed E-state index contributed by atoms with van der Waals surface area (Å²) in [5, 5.41) is 3.48. The fourth-order valence-corrected chi connectivity index (χ4v) is 2.84. The molecule has 0 aliphatic carbocycles. The number of rotatable bonds is 3. The van der Waals surface area contributed by atoms with Crippen molar-refractivity contribution in [2.75, 3.05) is 32.1 Å². The highest BCUT2D eigenvalue weighted by molar-refractivity contribution is 5.50. The molecule has 1 unspecified atom stereocenters. The van der Waals surface area contributed by atoms with Crippen LogP contribution >= 0.6 is 0 Å². The Morgan fingerprint density at radius 2 is 2.05 bits per heavy atom. The first-order valence-electron chi connectivity index (χ1n) is 7.26. The van der Waals surface area contributed by atoms with Crippen LogP contribution < -0.4 is 10.2 Å². The summed E-state index contributed by atoms with van der Waals surface area (Å²) < 4.78 is 2.22. The minimum atomic E-state index is 0.569. The number of hydrogen-bond donors (Lipinski definition) is 1. The van der Waals surface area contributed by atoms with Crippen LogP contribution in [0.2, 0.25) is 0 Å². The minimum Gasteiger partial charge on any atom is -0.378 e. The Morgan fingerprint density at radius 3 is 2.70 bits per heavy atom. The Kier molecular flexibility index (Phi) is 3.74. The first kappa shape index (κ1) is 13.2. The van der Waals surface area contributed by atoms with Gasteiger partial charge in [-0.25, -0.2) is 4.98 Å². The van der Waals surface area contributed by atoms with Crippen LogP contribution in [0, 0.1) is 0 Å². The molecule has 106 valence electrons. The Bertz CT molecular complexity index is 550. The van der Waals surface area contributed by atoms with Gasteiger partial charge in [0.15, 0.2) is 0 Å². The molecule has 1 saturated heterocycles. The number of hydrogen-bond acceptors (Lipinski definition) is 3. The average Bonchev–Trinajstić information content (AvgIpc) is 2.97. The normalized spacial score (nSPS) is 19.0. The zero-order valence-corrected chi connectivity index (χ0v) is 12.2. The second-order valence-electron chi connectivity index (χ2n) is 5.64. The van der Waals surface area contributed by atoms with Crippen molar-refractivity contribution in [3.8, 4) is 5.69 Å². The Hall–Kier alpha value is -1.81. The maximum Gasteiger partial charge on any atom is 0.0994 e. The van der Waals surface area contributed by atoms with Gasteiger partial charge >= 0.3 is 0 Å². The molecule has 20 heavy (non-hydrogen) atoms. The van der Waals surface area contributed by atoms with E-state index in [-0.39, 0.29) is 0 Å². The number of anilines is 1. The lowest BCUT2D eigenvalue weighted by molar-refractivity contribution is 0.451. The molecule has 0 radical (unpaired) electrons. The van der Waals surface area contributed by atoms with E-state index in [0.29, 0.717) is 5.92 Å². The highest BCUT2D eigenvalue weighted by atomic mass is 15.1. The van der Waals surface area contributed by atoms with Crippen molar-refractivity contribution in [3.63, 3.8) is 0 Å². The van der Waals surface area contributed by atoms with Crippen LogP contribution in [-0.2, 0) is 0 Å². The minimum absolute atomic E-state index is 0.569. The first-order valence-corrected chi connectivity index (χ1v) is 7.26. The number of aromatic nitrogens is 2. The largest absolute Gasteiger partial charge is 0.378 e. The molecule has 1 aliphatic rings. The molecule has 1 aliphatic heterocycles. The molecule has 1 aromatic heterocycles. The Labute approximate surface area is 120 Å². The SMILES string of the molecule is CN(C)c1ccc(-n2cncc2C2CCCNC2)cc1. The van der Waals surface area contributed by atoms with E-state index in [1.54, 1.807) is 0 Å². The molecule has 1 atom stereocenters. The summed E-state index contributed by atoms with van der Waals surface area (Å²) in [7, 11) is 4.12. The van der Waals surface area contributed by atoms with Gasteiger partial charge in [0.2, 0.25) is 0 Å². The number of nitrogens with zero attached hydrogens (tertiary/aromatic N) is 3. The summed E-state index contributed by atoms with van der Waals surface area (Å²) in [5.74, 6) is 0.569. The molecule has 1 N–H and O–H groups in total. The third kappa shape index (κ3) is 2.56. The highest BCUT2D eigenvalue weighted by Crippen LogP contribution is 2.26. The third-order valence-corrected chi connectivity index (χ3v) is 4.03. The number of imidazole rings is 1. The van der Waals surface area contributed by atoms with E-state index in [1.807, 2.05) is 12.5 Å². The molecule has 1 aromatic carbocycles. The maximum absolute atomic E-state index is 4.36. The van der Waals surface area contributed by atoms with E-state index in [2.05, 4.69) is 58.1 Å². The summed E-state index contributed by atoms with van der Waals surface area (Å²) in [4.78, 5) is 6.47. The van der Waals surface area contributed by atoms with Gasteiger partial charge in [-0.05, 0) is 43.7 Å². The molecule has 1 fully saturated rings. The highest BCUT2D eigenvalue weighted by Gasteiger charge is 2.19. The van der Waals surface area contributed by atoms with Crippen molar-refractivity contribution in [1.29, 1.82) is 0 Å². The van der Waals surface area contributed by atoms with E-state index >= 15 is 0 Å². The van der Waals surface area contributed by atoms with Crippen LogP contribution in [-0.4, -0.2) is 36.7 Å². The van der Waals surface area contributed by atoms with Crippen LogP contribution in [0.25, 0.3) is 5.69 Å². The second kappa shape index (κ2) is 5.67.